The number of anilines is 4. The number of nitrogens with one attached hydrogen (secondary N) is 3. The van der Waals surface area contributed by atoms with E-state index in [-0.39, 0.29) is 11.8 Å². The van der Waals surface area contributed by atoms with Gasteiger partial charge in [0.1, 0.15) is 11.5 Å². The molecule has 1 amide bonds. The topological polar surface area (TPSA) is 95.1 Å². The van der Waals surface area contributed by atoms with Gasteiger partial charge < -0.3 is 16.0 Å². The average molecular weight is 658 g/mol. The van der Waals surface area contributed by atoms with Crippen molar-refractivity contribution < 1.29 is 4.79 Å². The Morgan fingerprint density at radius 1 is 0.939 bits per heavy atom. The van der Waals surface area contributed by atoms with Crippen LogP contribution in [0.3, 0.4) is 0 Å². The number of carbonyl (C=O) groups is 1. The van der Waals surface area contributed by atoms with Crippen molar-refractivity contribution in [3.63, 3.8) is 0 Å². The predicted molar refractivity (Wildman–Crippen MR) is 202 cm³/mol. The van der Waals surface area contributed by atoms with Crippen molar-refractivity contribution in [1.82, 2.24) is 19.9 Å². The fourth-order valence-electron chi connectivity index (χ4n) is 6.12. The lowest BCUT2D eigenvalue weighted by molar-refractivity contribution is -0.118. The van der Waals surface area contributed by atoms with Gasteiger partial charge in [-0.2, -0.15) is 4.98 Å². The number of rotatable bonds is 15. The van der Waals surface area contributed by atoms with Gasteiger partial charge in [0.25, 0.3) is 0 Å². The third-order valence-corrected chi connectivity index (χ3v) is 9.05. The maximum Gasteiger partial charge on any atom is 0.229 e. The van der Waals surface area contributed by atoms with Crippen LogP contribution in [0, 0.1) is 23.2 Å². The van der Waals surface area contributed by atoms with E-state index in [9.17, 15) is 4.79 Å². The Balaban J connectivity index is 1.31. The lowest BCUT2D eigenvalue weighted by atomic mass is 10.0. The summed E-state index contributed by atoms with van der Waals surface area (Å²) < 4.78 is 0. The number of aromatic nitrogens is 3. The summed E-state index contributed by atoms with van der Waals surface area (Å²) >= 11 is 0. The van der Waals surface area contributed by atoms with E-state index in [1.54, 1.807) is 18.3 Å². The van der Waals surface area contributed by atoms with Crippen LogP contribution in [0.5, 0.6) is 0 Å². The molecular formula is C41H51N7O. The van der Waals surface area contributed by atoms with Gasteiger partial charge in [-0.05, 0) is 97.6 Å². The SMILES string of the molecule is CCCN(CCC)Cc1ccc(-c2cnc(Nc3ccc(C#Cc4cc(NC(=O)C(C)C)ccn4)cc3)nc2NC2CC2(C)CCC)cc1. The van der Waals surface area contributed by atoms with E-state index in [4.69, 9.17) is 9.97 Å². The quantitative estimate of drug-likeness (QED) is 0.110. The maximum atomic E-state index is 12.1. The Kier molecular flexibility index (Phi) is 12.0. The van der Waals surface area contributed by atoms with Gasteiger partial charge in [0.2, 0.25) is 11.9 Å². The number of nitrogens with zero attached hydrogens (tertiary/aromatic N) is 4. The van der Waals surface area contributed by atoms with Crippen LogP contribution < -0.4 is 16.0 Å². The Labute approximate surface area is 292 Å². The van der Waals surface area contributed by atoms with Crippen LogP contribution in [-0.2, 0) is 11.3 Å². The molecule has 1 fully saturated rings. The van der Waals surface area contributed by atoms with Crippen molar-refractivity contribution in [2.24, 2.45) is 11.3 Å². The van der Waals surface area contributed by atoms with Crippen LogP contribution in [0.15, 0.2) is 73.1 Å². The van der Waals surface area contributed by atoms with Gasteiger partial charge in [-0.15, -0.1) is 0 Å². The van der Waals surface area contributed by atoms with Crippen molar-refractivity contribution in [1.29, 1.82) is 0 Å². The molecule has 4 aromatic rings. The van der Waals surface area contributed by atoms with Gasteiger partial charge in [-0.3, -0.25) is 9.69 Å². The molecule has 0 bridgehead atoms. The summed E-state index contributed by atoms with van der Waals surface area (Å²) in [6, 6.07) is 20.7. The average Bonchev–Trinajstić information content (AvgIpc) is 3.73. The molecule has 2 aromatic carbocycles. The largest absolute Gasteiger partial charge is 0.366 e. The summed E-state index contributed by atoms with van der Waals surface area (Å²) in [6.07, 6.45) is 9.42. The van der Waals surface area contributed by atoms with E-state index >= 15 is 0 Å². The highest BCUT2D eigenvalue weighted by atomic mass is 16.1. The smallest absolute Gasteiger partial charge is 0.229 e. The van der Waals surface area contributed by atoms with E-state index in [1.807, 2.05) is 44.3 Å². The van der Waals surface area contributed by atoms with Gasteiger partial charge in [0.15, 0.2) is 0 Å². The third-order valence-electron chi connectivity index (χ3n) is 9.05. The fraction of sp³-hybridized carbons (Fsp3) is 0.415. The fourth-order valence-corrected chi connectivity index (χ4v) is 6.12. The molecule has 5 rings (SSSR count). The lowest BCUT2D eigenvalue weighted by Gasteiger charge is -2.21. The minimum Gasteiger partial charge on any atom is -0.366 e. The molecule has 0 aliphatic heterocycles. The van der Waals surface area contributed by atoms with Crippen molar-refractivity contribution in [2.45, 2.75) is 86.2 Å². The molecule has 0 spiro atoms. The molecule has 8 heteroatoms. The molecule has 0 radical (unpaired) electrons. The van der Waals surface area contributed by atoms with Gasteiger partial charge >= 0.3 is 0 Å². The zero-order chi connectivity index (χ0) is 34.8. The molecule has 256 valence electrons. The van der Waals surface area contributed by atoms with Crippen molar-refractivity contribution in [3.8, 4) is 23.0 Å². The van der Waals surface area contributed by atoms with E-state index in [0.717, 1.165) is 67.1 Å². The first-order valence-corrected chi connectivity index (χ1v) is 17.8. The molecule has 0 saturated heterocycles. The highest BCUT2D eigenvalue weighted by molar-refractivity contribution is 5.92. The van der Waals surface area contributed by atoms with Crippen LogP contribution in [0.25, 0.3) is 11.1 Å². The van der Waals surface area contributed by atoms with Gasteiger partial charge in [-0.1, -0.05) is 78.1 Å². The second-order valence-corrected chi connectivity index (χ2v) is 13.8. The summed E-state index contributed by atoms with van der Waals surface area (Å²) in [5.74, 6) is 7.52. The Morgan fingerprint density at radius 2 is 1.67 bits per heavy atom. The molecule has 1 aliphatic carbocycles. The van der Waals surface area contributed by atoms with Crippen molar-refractivity contribution in [3.05, 3.63) is 89.9 Å². The van der Waals surface area contributed by atoms with Gasteiger partial charge in [-0.25, -0.2) is 9.97 Å². The van der Waals surface area contributed by atoms with E-state index < -0.39 is 0 Å². The van der Waals surface area contributed by atoms with Crippen LogP contribution in [0.4, 0.5) is 23.1 Å². The summed E-state index contributed by atoms with van der Waals surface area (Å²) in [5, 5.41) is 10.1. The molecular weight excluding hydrogens is 606 g/mol. The molecule has 8 nitrogen and oxygen atoms in total. The van der Waals surface area contributed by atoms with Crippen LogP contribution in [-0.4, -0.2) is 44.9 Å². The van der Waals surface area contributed by atoms with Crippen LogP contribution in [0.1, 0.15) is 90.5 Å². The van der Waals surface area contributed by atoms with E-state index in [2.05, 4.69) is 89.6 Å². The first-order valence-electron chi connectivity index (χ1n) is 17.8. The van der Waals surface area contributed by atoms with E-state index in [0.29, 0.717) is 28.8 Å². The lowest BCUT2D eigenvalue weighted by Crippen LogP contribution is -2.24. The zero-order valence-corrected chi connectivity index (χ0v) is 29.9. The number of hydrogen-bond donors (Lipinski definition) is 3. The van der Waals surface area contributed by atoms with Crippen molar-refractivity contribution >= 4 is 29.0 Å². The summed E-state index contributed by atoms with van der Waals surface area (Å²) in [5.41, 5.74) is 6.74. The standard InChI is InChI=1S/C41H51N7O/c1-7-21-41(6)26-37(41)46-38-36(32-15-10-31(11-16-32)28-48(23-8-2)24-9-3)27-43-40(47-38)45-33-17-12-30(13-18-33)14-19-34-25-35(20-22-42-34)44-39(49)29(4)5/h10-13,15-18,20,22,25,27,29,37H,7-9,21,23-24,26,28H2,1-6H3,(H,42,44,49)(H2,43,45,46,47). The number of carbonyl (C=O) groups excluding carboxylic acids is 1. The Hall–Kier alpha value is -4.74. The third kappa shape index (κ3) is 9.90. The zero-order valence-electron chi connectivity index (χ0n) is 29.9. The first kappa shape index (κ1) is 35.6. The summed E-state index contributed by atoms with van der Waals surface area (Å²) in [7, 11) is 0. The predicted octanol–water partition coefficient (Wildman–Crippen LogP) is 8.89. The number of pyridine rings is 1. The highest BCUT2D eigenvalue weighted by Gasteiger charge is 2.49. The summed E-state index contributed by atoms with van der Waals surface area (Å²) in [6.45, 7) is 16.0. The number of hydrogen-bond acceptors (Lipinski definition) is 7. The van der Waals surface area contributed by atoms with Gasteiger partial charge in [0, 0.05) is 53.4 Å². The molecule has 3 N–H and O–H groups in total. The normalized spacial score (nSPS) is 16.6. The maximum absolute atomic E-state index is 12.1. The van der Waals surface area contributed by atoms with Crippen LogP contribution in [0.2, 0.25) is 0 Å². The molecule has 49 heavy (non-hydrogen) atoms. The minimum atomic E-state index is -0.101. The molecule has 2 unspecified atom stereocenters. The number of amides is 1. The van der Waals surface area contributed by atoms with E-state index in [1.165, 1.54) is 18.4 Å². The first-order chi connectivity index (χ1) is 23.7. The number of benzene rings is 2. The molecule has 1 aliphatic rings. The summed E-state index contributed by atoms with van der Waals surface area (Å²) in [4.78, 5) is 28.6. The molecule has 2 heterocycles. The van der Waals surface area contributed by atoms with Gasteiger partial charge in [0.05, 0.1) is 0 Å². The Morgan fingerprint density at radius 3 is 2.35 bits per heavy atom. The second kappa shape index (κ2) is 16.6. The molecule has 2 aromatic heterocycles. The van der Waals surface area contributed by atoms with Crippen LogP contribution >= 0.6 is 0 Å². The van der Waals surface area contributed by atoms with Crippen molar-refractivity contribution in [2.75, 3.05) is 29.0 Å². The highest BCUT2D eigenvalue weighted by Crippen LogP contribution is 2.51. The molecule has 1 saturated carbocycles. The minimum absolute atomic E-state index is 0.0389. The molecule has 2 atom stereocenters. The Bertz CT molecular complexity index is 1750. The second-order valence-electron chi connectivity index (χ2n) is 13.8. The monoisotopic (exact) mass is 657 g/mol.